The highest BCUT2D eigenvalue weighted by atomic mass is 32.2. The fourth-order valence-electron chi connectivity index (χ4n) is 3.39. The van der Waals surface area contributed by atoms with Gasteiger partial charge in [-0.3, -0.25) is 18.4 Å². The Balaban J connectivity index is 1.39. The summed E-state index contributed by atoms with van der Waals surface area (Å²) < 4.78 is 19.2. The summed E-state index contributed by atoms with van der Waals surface area (Å²) in [7, 11) is -1.17. The third kappa shape index (κ3) is 4.07. The lowest BCUT2D eigenvalue weighted by molar-refractivity contribution is -0.119. The van der Waals surface area contributed by atoms with Gasteiger partial charge in [-0.25, -0.2) is 4.98 Å². The van der Waals surface area contributed by atoms with Crippen molar-refractivity contribution in [3.8, 4) is 5.75 Å². The van der Waals surface area contributed by atoms with Gasteiger partial charge in [-0.1, -0.05) is 24.3 Å². The molecule has 1 saturated heterocycles. The van der Waals surface area contributed by atoms with Crippen molar-refractivity contribution in [2.75, 3.05) is 12.5 Å². The summed E-state index contributed by atoms with van der Waals surface area (Å²) in [5.74, 6) is 1.39. The molecule has 0 bridgehead atoms. The van der Waals surface area contributed by atoms with Gasteiger partial charge in [0, 0.05) is 0 Å². The number of hydrogen-bond acceptors (Lipinski definition) is 5. The van der Waals surface area contributed by atoms with E-state index in [2.05, 4.69) is 10.3 Å². The molecule has 1 N–H and O–H groups in total. The second-order valence-electron chi connectivity index (χ2n) is 6.88. The molecule has 1 aliphatic heterocycles. The molecule has 8 heteroatoms. The van der Waals surface area contributed by atoms with Gasteiger partial charge in [-0.2, -0.15) is 0 Å². The van der Waals surface area contributed by atoms with Gasteiger partial charge in [0.2, 0.25) is 5.91 Å². The number of amides is 1. The van der Waals surface area contributed by atoms with E-state index >= 15 is 0 Å². The van der Waals surface area contributed by atoms with Crippen LogP contribution < -0.4 is 15.6 Å². The molecule has 0 saturated carbocycles. The predicted octanol–water partition coefficient (Wildman–Crippen LogP) is 1.53. The zero-order valence-corrected chi connectivity index (χ0v) is 16.8. The highest BCUT2D eigenvalue weighted by molar-refractivity contribution is 7.86. The van der Waals surface area contributed by atoms with E-state index in [9.17, 15) is 13.8 Å². The molecule has 1 fully saturated rings. The van der Waals surface area contributed by atoms with Gasteiger partial charge in [0.15, 0.2) is 0 Å². The van der Waals surface area contributed by atoms with Crippen molar-refractivity contribution in [2.24, 2.45) is 0 Å². The van der Waals surface area contributed by atoms with Crippen LogP contribution in [0.3, 0.4) is 0 Å². The summed E-state index contributed by atoms with van der Waals surface area (Å²) in [6.45, 7) is 2.53. The zero-order valence-electron chi connectivity index (χ0n) is 16.0. The number of rotatable bonds is 6. The normalized spacial score (nSPS) is 18.7. The van der Waals surface area contributed by atoms with Gasteiger partial charge in [0.05, 0.1) is 34.1 Å². The second-order valence-corrected chi connectivity index (χ2v) is 8.50. The first kappa shape index (κ1) is 19.3. The molecule has 29 heavy (non-hydrogen) atoms. The SMILES string of the molecule is Cc1nc2ccccc2c(=O)n1CCOc1ccc(CC2C(=O)NCS2=O)cc1. The molecular formula is C21H21N3O4S. The molecule has 4 rings (SSSR count). The smallest absolute Gasteiger partial charge is 0.261 e. The van der Waals surface area contributed by atoms with Crippen molar-refractivity contribution >= 4 is 27.6 Å². The minimum atomic E-state index is -1.17. The minimum absolute atomic E-state index is 0.0742. The van der Waals surface area contributed by atoms with E-state index < -0.39 is 16.0 Å². The Hall–Kier alpha value is -3.00. The minimum Gasteiger partial charge on any atom is -0.492 e. The number of nitrogens with one attached hydrogen (secondary N) is 1. The number of aryl methyl sites for hydroxylation is 1. The molecule has 2 heterocycles. The van der Waals surface area contributed by atoms with Crippen molar-refractivity contribution in [1.29, 1.82) is 0 Å². The van der Waals surface area contributed by atoms with Crippen LogP contribution in [0.15, 0.2) is 53.3 Å². The fourth-order valence-corrected chi connectivity index (χ4v) is 4.58. The number of carbonyl (C=O) groups excluding carboxylic acids is 1. The average Bonchev–Trinajstić information content (AvgIpc) is 3.03. The lowest BCUT2D eigenvalue weighted by atomic mass is 10.1. The number of ether oxygens (including phenoxy) is 1. The topological polar surface area (TPSA) is 90.3 Å². The molecule has 0 radical (unpaired) electrons. The van der Waals surface area contributed by atoms with Crippen LogP contribution in [0.5, 0.6) is 5.75 Å². The van der Waals surface area contributed by atoms with Gasteiger partial charge in [0.25, 0.3) is 5.56 Å². The van der Waals surface area contributed by atoms with E-state index in [0.29, 0.717) is 42.0 Å². The maximum atomic E-state index is 12.7. The maximum Gasteiger partial charge on any atom is 0.261 e. The van der Waals surface area contributed by atoms with Crippen LogP contribution in [0.2, 0.25) is 0 Å². The molecular weight excluding hydrogens is 390 g/mol. The first-order valence-corrected chi connectivity index (χ1v) is 10.7. The largest absolute Gasteiger partial charge is 0.492 e. The van der Waals surface area contributed by atoms with Crippen LogP contribution in [0, 0.1) is 6.92 Å². The van der Waals surface area contributed by atoms with E-state index in [-0.39, 0.29) is 17.3 Å². The Bertz CT molecular complexity index is 1120. The molecule has 1 amide bonds. The Morgan fingerprint density at radius 1 is 1.17 bits per heavy atom. The van der Waals surface area contributed by atoms with Gasteiger partial charge in [-0.15, -0.1) is 0 Å². The first-order chi connectivity index (χ1) is 14.0. The van der Waals surface area contributed by atoms with E-state index in [4.69, 9.17) is 4.74 Å². The van der Waals surface area contributed by atoms with Gasteiger partial charge in [0.1, 0.15) is 23.4 Å². The fraction of sp³-hybridized carbons (Fsp3) is 0.286. The number of hydrogen-bond donors (Lipinski definition) is 1. The maximum absolute atomic E-state index is 12.7. The monoisotopic (exact) mass is 411 g/mol. The van der Waals surface area contributed by atoms with Crippen LogP contribution in [0.4, 0.5) is 0 Å². The number of aromatic nitrogens is 2. The Kier molecular flexibility index (Phi) is 5.44. The molecule has 1 aromatic heterocycles. The summed E-state index contributed by atoms with van der Waals surface area (Å²) in [5, 5.41) is 2.72. The van der Waals surface area contributed by atoms with Crippen molar-refractivity contribution in [3.05, 3.63) is 70.3 Å². The Morgan fingerprint density at radius 2 is 1.93 bits per heavy atom. The lowest BCUT2D eigenvalue weighted by Gasteiger charge is -2.12. The van der Waals surface area contributed by atoms with Crippen molar-refractivity contribution < 1.29 is 13.7 Å². The number of benzene rings is 2. The third-order valence-corrected chi connectivity index (χ3v) is 6.42. The molecule has 0 aliphatic carbocycles. The summed E-state index contributed by atoms with van der Waals surface area (Å²) >= 11 is 0. The van der Waals surface area contributed by atoms with Crippen molar-refractivity contribution in [1.82, 2.24) is 14.9 Å². The molecule has 2 unspecified atom stereocenters. The molecule has 2 atom stereocenters. The zero-order chi connectivity index (χ0) is 20.4. The van der Waals surface area contributed by atoms with E-state index in [1.807, 2.05) is 49.4 Å². The van der Waals surface area contributed by atoms with Crippen LogP contribution in [-0.4, -0.2) is 37.4 Å². The van der Waals surface area contributed by atoms with E-state index in [1.165, 1.54) is 0 Å². The molecule has 7 nitrogen and oxygen atoms in total. The predicted molar refractivity (Wildman–Crippen MR) is 111 cm³/mol. The summed E-state index contributed by atoms with van der Waals surface area (Å²) in [4.78, 5) is 28.9. The van der Waals surface area contributed by atoms with Crippen molar-refractivity contribution in [2.45, 2.75) is 25.1 Å². The second kappa shape index (κ2) is 8.16. The Labute approximate surface area is 170 Å². The highest BCUT2D eigenvalue weighted by Crippen LogP contribution is 2.17. The molecule has 1 aliphatic rings. The summed E-state index contributed by atoms with van der Waals surface area (Å²) in [6, 6.07) is 14.7. The van der Waals surface area contributed by atoms with Crippen LogP contribution in [-0.2, 0) is 28.6 Å². The van der Waals surface area contributed by atoms with Gasteiger partial charge in [-0.05, 0) is 43.2 Å². The van der Waals surface area contributed by atoms with Crippen molar-refractivity contribution in [3.63, 3.8) is 0 Å². The van der Waals surface area contributed by atoms with E-state index in [0.717, 1.165) is 5.56 Å². The standard InChI is InChI=1S/C21H21N3O4S/c1-14-23-18-5-3-2-4-17(18)21(26)24(14)10-11-28-16-8-6-15(7-9-16)12-19-20(25)22-13-29(19)27/h2-9,19H,10-13H2,1H3,(H,22,25). The average molecular weight is 411 g/mol. The molecule has 2 aromatic carbocycles. The van der Waals surface area contributed by atoms with Gasteiger partial charge < -0.3 is 10.1 Å². The third-order valence-electron chi connectivity index (χ3n) is 4.98. The van der Waals surface area contributed by atoms with Crippen LogP contribution in [0.1, 0.15) is 11.4 Å². The van der Waals surface area contributed by atoms with Crippen LogP contribution >= 0.6 is 0 Å². The first-order valence-electron chi connectivity index (χ1n) is 9.36. The Morgan fingerprint density at radius 3 is 2.66 bits per heavy atom. The van der Waals surface area contributed by atoms with E-state index in [1.54, 1.807) is 10.6 Å². The summed E-state index contributed by atoms with van der Waals surface area (Å²) in [6.07, 6.45) is 0.441. The number of nitrogens with zero attached hydrogens (tertiary/aromatic N) is 2. The lowest BCUT2D eigenvalue weighted by Crippen LogP contribution is -2.26. The number of para-hydroxylation sites is 1. The number of carbonyl (C=O) groups is 1. The summed E-state index contributed by atoms with van der Waals surface area (Å²) in [5.41, 5.74) is 1.55. The highest BCUT2D eigenvalue weighted by Gasteiger charge is 2.31. The molecule has 150 valence electrons. The van der Waals surface area contributed by atoms with Crippen LogP contribution in [0.25, 0.3) is 10.9 Å². The molecule has 3 aromatic rings. The molecule has 0 spiro atoms. The van der Waals surface area contributed by atoms with Gasteiger partial charge >= 0.3 is 0 Å². The quantitative estimate of drug-likeness (QED) is 0.664. The number of fused-ring (bicyclic) bond motifs is 1.